The topological polar surface area (TPSA) is 124 Å². The first-order valence-electron chi connectivity index (χ1n) is 12.1. The number of hydrogen-bond acceptors (Lipinski definition) is 10. The Hall–Kier alpha value is -3.92. The van der Waals surface area contributed by atoms with Crippen molar-refractivity contribution < 1.29 is 47.6 Å². The van der Waals surface area contributed by atoms with Gasteiger partial charge < -0.3 is 28.4 Å². The summed E-state index contributed by atoms with van der Waals surface area (Å²) in [6.07, 6.45) is -5.83. The van der Waals surface area contributed by atoms with Crippen LogP contribution in [0.15, 0.2) is 42.5 Å². The monoisotopic (exact) mass is 528 g/mol. The van der Waals surface area contributed by atoms with Gasteiger partial charge in [0.15, 0.2) is 18.3 Å². The first-order valence-corrected chi connectivity index (χ1v) is 12.1. The molecule has 0 bridgehead atoms. The highest BCUT2D eigenvalue weighted by atomic mass is 16.7. The summed E-state index contributed by atoms with van der Waals surface area (Å²) in [4.78, 5) is 47.9. The van der Waals surface area contributed by atoms with Crippen molar-refractivity contribution in [2.45, 2.75) is 72.1 Å². The fourth-order valence-electron chi connectivity index (χ4n) is 4.20. The van der Waals surface area contributed by atoms with Crippen molar-refractivity contribution >= 4 is 23.9 Å². The van der Waals surface area contributed by atoms with Gasteiger partial charge in [-0.2, -0.15) is 0 Å². The Kier molecular flexibility index (Phi) is 9.46. The lowest BCUT2D eigenvalue weighted by molar-refractivity contribution is -0.254. The summed E-state index contributed by atoms with van der Waals surface area (Å²) < 4.78 is 34.3. The van der Waals surface area contributed by atoms with Gasteiger partial charge in [0.05, 0.1) is 0 Å². The first-order chi connectivity index (χ1) is 17.9. The van der Waals surface area contributed by atoms with Crippen LogP contribution in [-0.2, 0) is 42.9 Å². The van der Waals surface area contributed by atoms with Crippen molar-refractivity contribution in [2.75, 3.05) is 6.61 Å². The molecule has 0 spiro atoms. The predicted octanol–water partition coefficient (Wildman–Crippen LogP) is 3.89. The fraction of sp³-hybridized carbons (Fsp3) is 0.429. The van der Waals surface area contributed by atoms with E-state index in [1.807, 2.05) is 44.2 Å². The van der Waals surface area contributed by atoms with Gasteiger partial charge in [-0.15, -0.1) is 0 Å². The van der Waals surface area contributed by atoms with E-state index in [0.29, 0.717) is 17.1 Å². The molecule has 5 atom stereocenters. The van der Waals surface area contributed by atoms with Crippen molar-refractivity contribution in [3.63, 3.8) is 0 Å². The lowest BCUT2D eigenvalue weighted by Gasteiger charge is -2.44. The summed E-state index contributed by atoms with van der Waals surface area (Å²) in [5, 5.41) is 0. The summed E-state index contributed by atoms with van der Waals surface area (Å²) in [6.45, 7) is 8.29. The lowest BCUT2D eigenvalue weighted by atomic mass is 9.89. The molecular weight excluding hydrogens is 496 g/mol. The van der Waals surface area contributed by atoms with Gasteiger partial charge in [-0.05, 0) is 38.1 Å². The molecule has 0 saturated carbocycles. The minimum absolute atomic E-state index is 0.311. The summed E-state index contributed by atoms with van der Waals surface area (Å²) in [7, 11) is 0. The maximum Gasteiger partial charge on any atom is 0.303 e. The molecule has 0 unspecified atom stereocenters. The standard InChI is InChI=1S/C28H32O10/c1-15-7-10-21(11-8-15)37-23-12-9-16(2)13-22(23)25-27(35-19(5)31)28(36-20(6)32)26(34-18(4)30)24(38-25)14-33-17(3)29/h7-13,24-28H,14H2,1-6H3/t24-,25+,26+,27+,28+/m1/s1. The van der Waals surface area contributed by atoms with Gasteiger partial charge in [0.1, 0.15) is 30.3 Å². The summed E-state index contributed by atoms with van der Waals surface area (Å²) in [5.41, 5.74) is 2.40. The van der Waals surface area contributed by atoms with Gasteiger partial charge in [-0.3, -0.25) is 19.2 Å². The van der Waals surface area contributed by atoms with Gasteiger partial charge in [-0.25, -0.2) is 0 Å². The molecule has 0 radical (unpaired) electrons. The maximum absolute atomic E-state index is 12.2. The Morgan fingerprint density at radius 1 is 0.711 bits per heavy atom. The fourth-order valence-corrected chi connectivity index (χ4v) is 4.20. The summed E-state index contributed by atoms with van der Waals surface area (Å²) in [5.74, 6) is -1.68. The molecule has 2 aromatic rings. The molecule has 204 valence electrons. The zero-order valence-electron chi connectivity index (χ0n) is 22.2. The highest BCUT2D eigenvalue weighted by molar-refractivity contribution is 5.69. The highest BCUT2D eigenvalue weighted by Gasteiger charge is 2.53. The van der Waals surface area contributed by atoms with Crippen LogP contribution in [0.1, 0.15) is 50.5 Å². The predicted molar refractivity (Wildman–Crippen MR) is 133 cm³/mol. The minimum atomic E-state index is -1.27. The number of carbonyl (C=O) groups excluding carboxylic acids is 4. The second-order valence-electron chi connectivity index (χ2n) is 9.08. The van der Waals surface area contributed by atoms with E-state index < -0.39 is 54.4 Å². The van der Waals surface area contributed by atoms with E-state index in [9.17, 15) is 19.2 Å². The Labute approximate surface area is 221 Å². The quantitative estimate of drug-likeness (QED) is 0.368. The van der Waals surface area contributed by atoms with Crippen molar-refractivity contribution in [1.82, 2.24) is 0 Å². The first kappa shape index (κ1) is 28.6. The maximum atomic E-state index is 12.2. The number of hydrogen-bond donors (Lipinski definition) is 0. The van der Waals surface area contributed by atoms with Gasteiger partial charge in [0, 0.05) is 33.3 Å². The zero-order valence-corrected chi connectivity index (χ0v) is 22.2. The lowest BCUT2D eigenvalue weighted by Crippen LogP contribution is -2.59. The van der Waals surface area contributed by atoms with E-state index in [-0.39, 0.29) is 6.61 Å². The second kappa shape index (κ2) is 12.6. The third-order valence-corrected chi connectivity index (χ3v) is 5.71. The van der Waals surface area contributed by atoms with Crippen molar-refractivity contribution in [3.8, 4) is 11.5 Å². The van der Waals surface area contributed by atoms with Gasteiger partial charge in [-0.1, -0.05) is 29.3 Å². The van der Waals surface area contributed by atoms with Crippen LogP contribution >= 0.6 is 0 Å². The van der Waals surface area contributed by atoms with Gasteiger partial charge >= 0.3 is 23.9 Å². The SMILES string of the molecule is CC(=O)OC[C@H]1O[C@@H](c2cc(C)ccc2Oc2ccc(C)cc2)[C@H](OC(C)=O)[C@@H](OC(C)=O)[C@H]1OC(C)=O. The van der Waals surface area contributed by atoms with E-state index in [1.165, 1.54) is 27.7 Å². The molecule has 10 heteroatoms. The molecule has 1 aliphatic rings. The van der Waals surface area contributed by atoms with Gasteiger partial charge in [0.2, 0.25) is 0 Å². The van der Waals surface area contributed by atoms with Crippen LogP contribution in [0, 0.1) is 13.8 Å². The van der Waals surface area contributed by atoms with E-state index in [0.717, 1.165) is 11.1 Å². The molecule has 1 heterocycles. The van der Waals surface area contributed by atoms with Crippen molar-refractivity contribution in [3.05, 3.63) is 59.2 Å². The molecule has 0 N–H and O–H groups in total. The molecule has 2 aromatic carbocycles. The molecule has 10 nitrogen and oxygen atoms in total. The average molecular weight is 529 g/mol. The van der Waals surface area contributed by atoms with Crippen LogP contribution in [0.2, 0.25) is 0 Å². The zero-order chi connectivity index (χ0) is 28.0. The molecular formula is C28H32O10. The average Bonchev–Trinajstić information content (AvgIpc) is 2.82. The largest absolute Gasteiger partial charge is 0.463 e. The number of aryl methyl sites for hydroxylation is 2. The van der Waals surface area contributed by atoms with Crippen molar-refractivity contribution in [1.29, 1.82) is 0 Å². The van der Waals surface area contributed by atoms with Crippen LogP contribution in [0.5, 0.6) is 11.5 Å². The molecule has 38 heavy (non-hydrogen) atoms. The Morgan fingerprint density at radius 2 is 1.26 bits per heavy atom. The molecule has 0 aliphatic carbocycles. The third-order valence-electron chi connectivity index (χ3n) is 5.71. The van der Waals surface area contributed by atoms with Crippen LogP contribution in [0.3, 0.4) is 0 Å². The molecule has 0 aromatic heterocycles. The number of benzene rings is 2. The third kappa shape index (κ3) is 7.55. The number of carbonyl (C=O) groups is 4. The molecule has 1 aliphatic heterocycles. The highest BCUT2D eigenvalue weighted by Crippen LogP contribution is 2.42. The molecule has 1 saturated heterocycles. The van der Waals surface area contributed by atoms with E-state index in [2.05, 4.69) is 0 Å². The number of ether oxygens (including phenoxy) is 6. The Morgan fingerprint density at radius 3 is 1.84 bits per heavy atom. The van der Waals surface area contributed by atoms with E-state index in [1.54, 1.807) is 12.1 Å². The number of esters is 4. The summed E-state index contributed by atoms with van der Waals surface area (Å²) >= 11 is 0. The Bertz CT molecular complexity index is 1170. The smallest absolute Gasteiger partial charge is 0.303 e. The van der Waals surface area contributed by atoms with Crippen LogP contribution in [-0.4, -0.2) is 54.9 Å². The normalized spacial score (nSPS) is 22.6. The van der Waals surface area contributed by atoms with Crippen LogP contribution in [0.25, 0.3) is 0 Å². The van der Waals surface area contributed by atoms with Crippen LogP contribution < -0.4 is 4.74 Å². The summed E-state index contributed by atoms with van der Waals surface area (Å²) in [6, 6.07) is 12.8. The molecule has 0 amide bonds. The number of rotatable bonds is 8. The second-order valence-corrected chi connectivity index (χ2v) is 9.08. The Balaban J connectivity index is 2.13. The van der Waals surface area contributed by atoms with E-state index >= 15 is 0 Å². The van der Waals surface area contributed by atoms with E-state index in [4.69, 9.17) is 28.4 Å². The molecule has 1 fully saturated rings. The minimum Gasteiger partial charge on any atom is -0.463 e. The van der Waals surface area contributed by atoms with Gasteiger partial charge in [0.25, 0.3) is 0 Å². The van der Waals surface area contributed by atoms with Crippen molar-refractivity contribution in [2.24, 2.45) is 0 Å². The van der Waals surface area contributed by atoms with Crippen LogP contribution in [0.4, 0.5) is 0 Å². The molecule has 3 rings (SSSR count).